The number of aromatic nitrogens is 1. The Kier molecular flexibility index (Phi) is 4.12. The summed E-state index contributed by atoms with van der Waals surface area (Å²) in [6.45, 7) is 1.65. The molecule has 116 valence electrons. The van der Waals surface area contributed by atoms with Gasteiger partial charge in [0.1, 0.15) is 0 Å². The first kappa shape index (κ1) is 16.3. The first-order chi connectivity index (χ1) is 10.1. The summed E-state index contributed by atoms with van der Waals surface area (Å²) >= 11 is 1.01. The highest BCUT2D eigenvalue weighted by Gasteiger charge is 2.35. The maximum Gasteiger partial charge on any atom is 0.417 e. The second-order valence-electron chi connectivity index (χ2n) is 4.22. The number of nitrogens with zero attached hydrogens (tertiary/aromatic N) is 2. The third-order valence-corrected chi connectivity index (χ3v) is 4.91. The monoisotopic (exact) mass is 347 g/mol. The molecular weight excluding hydrogens is 339 g/mol. The van der Waals surface area contributed by atoms with Crippen LogP contribution in [-0.2, 0) is 16.2 Å². The maximum absolute atomic E-state index is 12.9. The number of aryl methyl sites for hydroxylation is 1. The Balaban J connectivity index is 2.46. The van der Waals surface area contributed by atoms with Gasteiger partial charge in [0, 0.05) is 5.38 Å². The Bertz CT molecular complexity index is 851. The molecule has 0 amide bonds. The predicted octanol–water partition coefficient (Wildman–Crippen LogP) is 3.14. The molecule has 10 heteroatoms. The van der Waals surface area contributed by atoms with Gasteiger partial charge < -0.3 is 0 Å². The van der Waals surface area contributed by atoms with Crippen molar-refractivity contribution in [1.29, 1.82) is 5.26 Å². The Morgan fingerprint density at radius 3 is 2.55 bits per heavy atom. The van der Waals surface area contributed by atoms with E-state index in [4.69, 9.17) is 5.26 Å². The summed E-state index contributed by atoms with van der Waals surface area (Å²) in [6.07, 6.45) is -4.83. The van der Waals surface area contributed by atoms with Crippen molar-refractivity contribution in [2.45, 2.75) is 18.0 Å². The number of anilines is 1. The van der Waals surface area contributed by atoms with Gasteiger partial charge in [-0.05, 0) is 25.1 Å². The molecule has 0 saturated heterocycles. The van der Waals surface area contributed by atoms with Crippen LogP contribution < -0.4 is 4.72 Å². The van der Waals surface area contributed by atoms with Crippen LogP contribution in [0.25, 0.3) is 0 Å². The third kappa shape index (κ3) is 3.37. The summed E-state index contributed by atoms with van der Waals surface area (Å²) < 4.78 is 64.9. The van der Waals surface area contributed by atoms with Crippen LogP contribution in [0.5, 0.6) is 0 Å². The molecule has 1 aromatic carbocycles. The van der Waals surface area contributed by atoms with Gasteiger partial charge in [0.2, 0.25) is 0 Å². The Labute approximate surface area is 128 Å². The second kappa shape index (κ2) is 5.58. The van der Waals surface area contributed by atoms with Gasteiger partial charge in [-0.3, -0.25) is 4.72 Å². The number of hydrogen-bond donors (Lipinski definition) is 1. The summed E-state index contributed by atoms with van der Waals surface area (Å²) in [7, 11) is -4.22. The molecule has 0 saturated carbocycles. The lowest BCUT2D eigenvalue weighted by atomic mass is 10.1. The number of sulfonamides is 1. The molecule has 1 N–H and O–H groups in total. The zero-order valence-electron chi connectivity index (χ0n) is 11.0. The lowest BCUT2D eigenvalue weighted by molar-refractivity contribution is -0.137. The lowest BCUT2D eigenvalue weighted by Gasteiger charge is -2.11. The first-order valence-electron chi connectivity index (χ1n) is 5.70. The van der Waals surface area contributed by atoms with Crippen molar-refractivity contribution < 1.29 is 21.6 Å². The van der Waals surface area contributed by atoms with Gasteiger partial charge in [0.05, 0.1) is 27.8 Å². The summed E-state index contributed by atoms with van der Waals surface area (Å²) in [5.41, 5.74) is -1.36. The zero-order chi connectivity index (χ0) is 16.5. The molecule has 2 rings (SSSR count). The van der Waals surface area contributed by atoms with Crippen molar-refractivity contribution >= 4 is 26.5 Å². The average Bonchev–Trinajstić information content (AvgIpc) is 2.81. The van der Waals surface area contributed by atoms with Gasteiger partial charge in [-0.25, -0.2) is 13.4 Å². The van der Waals surface area contributed by atoms with E-state index in [9.17, 15) is 21.6 Å². The molecule has 2 aromatic rings. The van der Waals surface area contributed by atoms with Crippen molar-refractivity contribution in [3.8, 4) is 6.07 Å². The van der Waals surface area contributed by atoms with E-state index in [0.29, 0.717) is 11.8 Å². The fourth-order valence-corrected chi connectivity index (χ4v) is 3.56. The molecule has 0 unspecified atom stereocenters. The molecule has 0 atom stereocenters. The maximum atomic E-state index is 12.9. The molecule has 0 bridgehead atoms. The van der Waals surface area contributed by atoms with Crippen LogP contribution in [0.15, 0.2) is 28.5 Å². The number of benzene rings is 1. The molecule has 0 spiro atoms. The van der Waals surface area contributed by atoms with Crippen LogP contribution in [0.2, 0.25) is 0 Å². The number of rotatable bonds is 3. The van der Waals surface area contributed by atoms with Crippen molar-refractivity contribution in [2.75, 3.05) is 4.72 Å². The van der Waals surface area contributed by atoms with Gasteiger partial charge in [0.25, 0.3) is 10.0 Å². The normalized spacial score (nSPS) is 12.0. The molecule has 1 heterocycles. The molecule has 0 aliphatic heterocycles. The molecule has 0 aliphatic carbocycles. The van der Waals surface area contributed by atoms with E-state index in [1.807, 2.05) is 0 Å². The van der Waals surface area contributed by atoms with Crippen LogP contribution >= 0.6 is 11.3 Å². The van der Waals surface area contributed by atoms with E-state index in [2.05, 4.69) is 9.71 Å². The minimum Gasteiger partial charge on any atom is -0.255 e. The predicted molar refractivity (Wildman–Crippen MR) is 73.8 cm³/mol. The first-order valence-corrected chi connectivity index (χ1v) is 8.06. The Morgan fingerprint density at radius 1 is 1.36 bits per heavy atom. The number of nitriles is 1. The topological polar surface area (TPSA) is 82.9 Å². The molecule has 5 nitrogen and oxygen atoms in total. The third-order valence-electron chi connectivity index (χ3n) is 2.57. The van der Waals surface area contributed by atoms with E-state index in [-0.39, 0.29) is 5.13 Å². The second-order valence-corrected chi connectivity index (χ2v) is 6.76. The number of halogens is 3. The number of hydrogen-bond acceptors (Lipinski definition) is 5. The molecule has 1 aromatic heterocycles. The molecular formula is C12H8F3N3O2S2. The number of thiazole rings is 1. The summed E-state index contributed by atoms with van der Waals surface area (Å²) in [5.74, 6) is 0. The standard InChI is InChI=1S/C12H8F3N3O2S2/c1-7-6-21-11(17-7)18-22(19,20)9-3-2-8(5-16)10(4-9)12(13,14)15/h2-4,6H,1H3,(H,17,18). The van der Waals surface area contributed by atoms with Crippen LogP contribution in [0.3, 0.4) is 0 Å². The summed E-state index contributed by atoms with van der Waals surface area (Å²) in [5, 5.41) is 10.3. The van der Waals surface area contributed by atoms with E-state index in [1.54, 1.807) is 12.3 Å². The highest BCUT2D eigenvalue weighted by atomic mass is 32.2. The highest BCUT2D eigenvalue weighted by molar-refractivity contribution is 7.93. The minimum absolute atomic E-state index is 0.0513. The van der Waals surface area contributed by atoms with Gasteiger partial charge in [-0.15, -0.1) is 11.3 Å². The van der Waals surface area contributed by atoms with Gasteiger partial charge in [-0.1, -0.05) is 0 Å². The molecule has 0 fully saturated rings. The van der Waals surface area contributed by atoms with E-state index in [1.165, 1.54) is 6.07 Å². The van der Waals surface area contributed by atoms with Crippen LogP contribution in [0, 0.1) is 18.3 Å². The number of nitrogens with one attached hydrogen (secondary N) is 1. The lowest BCUT2D eigenvalue weighted by Crippen LogP contribution is -2.15. The van der Waals surface area contributed by atoms with Crippen molar-refractivity contribution in [1.82, 2.24) is 4.98 Å². The van der Waals surface area contributed by atoms with Crippen molar-refractivity contribution in [2.24, 2.45) is 0 Å². The smallest absolute Gasteiger partial charge is 0.255 e. The summed E-state index contributed by atoms with van der Waals surface area (Å²) in [4.78, 5) is 3.29. The summed E-state index contributed by atoms with van der Waals surface area (Å²) in [6, 6.07) is 3.59. The molecule has 22 heavy (non-hydrogen) atoms. The van der Waals surface area contributed by atoms with Gasteiger partial charge in [0.15, 0.2) is 5.13 Å². The number of alkyl halides is 3. The van der Waals surface area contributed by atoms with Crippen molar-refractivity contribution in [3.05, 3.63) is 40.4 Å². The van der Waals surface area contributed by atoms with Gasteiger partial charge >= 0.3 is 6.18 Å². The SMILES string of the molecule is Cc1csc(NS(=O)(=O)c2ccc(C#N)c(C(F)(F)F)c2)n1. The molecule has 0 aliphatic rings. The van der Waals surface area contributed by atoms with Gasteiger partial charge in [-0.2, -0.15) is 18.4 Å². The zero-order valence-corrected chi connectivity index (χ0v) is 12.6. The fraction of sp³-hybridized carbons (Fsp3) is 0.167. The average molecular weight is 347 g/mol. The van der Waals surface area contributed by atoms with E-state index in [0.717, 1.165) is 23.5 Å². The Hall–Kier alpha value is -2.12. The Morgan fingerprint density at radius 2 is 2.05 bits per heavy atom. The highest BCUT2D eigenvalue weighted by Crippen LogP contribution is 2.33. The quantitative estimate of drug-likeness (QED) is 0.924. The molecule has 0 radical (unpaired) electrons. The van der Waals surface area contributed by atoms with Crippen LogP contribution in [0.4, 0.5) is 18.3 Å². The van der Waals surface area contributed by atoms with Crippen LogP contribution in [-0.4, -0.2) is 13.4 Å². The fourth-order valence-electron chi connectivity index (χ4n) is 1.60. The van der Waals surface area contributed by atoms with E-state index < -0.39 is 32.2 Å². The van der Waals surface area contributed by atoms with Crippen LogP contribution in [0.1, 0.15) is 16.8 Å². The van der Waals surface area contributed by atoms with Crippen molar-refractivity contribution in [3.63, 3.8) is 0 Å². The van der Waals surface area contributed by atoms with E-state index >= 15 is 0 Å². The minimum atomic E-state index is -4.83. The largest absolute Gasteiger partial charge is 0.417 e.